The van der Waals surface area contributed by atoms with E-state index in [1.54, 1.807) is 18.4 Å². The van der Waals surface area contributed by atoms with Gasteiger partial charge in [0.15, 0.2) is 5.78 Å². The molecule has 0 spiro atoms. The molecule has 1 aliphatic heterocycles. The summed E-state index contributed by atoms with van der Waals surface area (Å²) in [7, 11) is 1.67. The number of carbonyl (C=O) groups is 1. The maximum Gasteiger partial charge on any atom is 0.195 e. The number of hydrogen-bond donors (Lipinski definition) is 0. The molecule has 0 amide bonds. The Hall–Kier alpha value is -3.67. The van der Waals surface area contributed by atoms with Gasteiger partial charge in [0.25, 0.3) is 0 Å². The quantitative estimate of drug-likeness (QED) is 0.195. The van der Waals surface area contributed by atoms with Crippen molar-refractivity contribution in [3.05, 3.63) is 96.1 Å². The lowest BCUT2D eigenvalue weighted by atomic mass is 9.95. The van der Waals surface area contributed by atoms with Gasteiger partial charge in [0, 0.05) is 38.2 Å². The van der Waals surface area contributed by atoms with E-state index in [0.717, 1.165) is 68.0 Å². The third-order valence-corrected chi connectivity index (χ3v) is 8.59. The van der Waals surface area contributed by atoms with Gasteiger partial charge < -0.3 is 9.47 Å². The number of nitrogens with zero attached hydrogens (tertiary/aromatic N) is 1. The number of methoxy groups -OCH3 is 1. The van der Waals surface area contributed by atoms with Crippen LogP contribution in [0.25, 0.3) is 31.3 Å². The molecule has 1 aliphatic rings. The Morgan fingerprint density at radius 1 is 0.842 bits per heavy atom. The monoisotopic (exact) mass is 521 g/mol. The van der Waals surface area contributed by atoms with Crippen molar-refractivity contribution in [2.75, 3.05) is 33.4 Å². The average Bonchev–Trinajstić information content (AvgIpc) is 3.36. The fourth-order valence-corrected chi connectivity index (χ4v) is 6.63. The number of carbonyl (C=O) groups excluding carboxylic acids is 1. The Balaban J connectivity index is 1.33. The topological polar surface area (TPSA) is 38.8 Å². The number of rotatable bonds is 8. The Morgan fingerprint density at radius 3 is 2.42 bits per heavy atom. The fraction of sp³-hybridized carbons (Fsp3) is 0.242. The van der Waals surface area contributed by atoms with Gasteiger partial charge >= 0.3 is 0 Å². The first-order valence-corrected chi connectivity index (χ1v) is 14.1. The van der Waals surface area contributed by atoms with Crippen molar-refractivity contribution in [1.29, 1.82) is 0 Å². The predicted octanol–water partition coefficient (Wildman–Crippen LogP) is 7.83. The smallest absolute Gasteiger partial charge is 0.195 e. The van der Waals surface area contributed by atoms with E-state index in [0.29, 0.717) is 12.2 Å². The summed E-state index contributed by atoms with van der Waals surface area (Å²) >= 11 is 1.64. The molecule has 0 atom stereocenters. The summed E-state index contributed by atoms with van der Waals surface area (Å²) in [6.07, 6.45) is 3.89. The Morgan fingerprint density at radius 2 is 1.61 bits per heavy atom. The number of thiophene rings is 1. The highest BCUT2D eigenvalue weighted by atomic mass is 32.1. The first-order valence-electron chi connectivity index (χ1n) is 13.3. The molecule has 1 saturated heterocycles. The summed E-state index contributed by atoms with van der Waals surface area (Å²) < 4.78 is 12.5. The van der Waals surface area contributed by atoms with E-state index >= 15 is 0 Å². The van der Waals surface area contributed by atoms with Gasteiger partial charge in [0.1, 0.15) is 18.1 Å². The van der Waals surface area contributed by atoms with Crippen LogP contribution in [0.4, 0.5) is 0 Å². The second kappa shape index (κ2) is 11.0. The molecule has 0 saturated carbocycles. The summed E-state index contributed by atoms with van der Waals surface area (Å²) in [5, 5.41) is 3.25. The van der Waals surface area contributed by atoms with Crippen molar-refractivity contribution >= 4 is 38.0 Å². The fourth-order valence-electron chi connectivity index (χ4n) is 5.36. The summed E-state index contributed by atoms with van der Waals surface area (Å²) in [4.78, 5) is 17.5. The van der Waals surface area contributed by atoms with E-state index in [1.807, 2.05) is 54.6 Å². The molecule has 2 heterocycles. The van der Waals surface area contributed by atoms with Crippen LogP contribution < -0.4 is 9.47 Å². The summed E-state index contributed by atoms with van der Waals surface area (Å²) in [5.74, 6) is 1.60. The van der Waals surface area contributed by atoms with E-state index in [9.17, 15) is 4.79 Å². The number of piperidine rings is 1. The molecule has 1 fully saturated rings. The van der Waals surface area contributed by atoms with Crippen LogP contribution in [0.2, 0.25) is 0 Å². The lowest BCUT2D eigenvalue weighted by molar-refractivity contribution is 0.104. The lowest BCUT2D eigenvalue weighted by Crippen LogP contribution is -2.33. The van der Waals surface area contributed by atoms with Gasteiger partial charge in [-0.2, -0.15) is 0 Å². The number of fused-ring (bicyclic) bond motifs is 2. The van der Waals surface area contributed by atoms with Crippen molar-refractivity contribution < 1.29 is 14.3 Å². The van der Waals surface area contributed by atoms with Crippen LogP contribution in [0, 0.1) is 0 Å². The largest absolute Gasteiger partial charge is 0.497 e. The number of hydrogen-bond acceptors (Lipinski definition) is 5. The third kappa shape index (κ3) is 4.92. The summed E-state index contributed by atoms with van der Waals surface area (Å²) in [5.41, 5.74) is 2.47. The van der Waals surface area contributed by atoms with Gasteiger partial charge in [-0.25, -0.2) is 0 Å². The molecule has 4 nitrogen and oxygen atoms in total. The molecule has 192 valence electrons. The highest BCUT2D eigenvalue weighted by molar-refractivity contribution is 7.23. The highest BCUT2D eigenvalue weighted by Crippen LogP contribution is 2.43. The first kappa shape index (κ1) is 24.7. The minimum atomic E-state index is 0.0178. The minimum Gasteiger partial charge on any atom is -0.497 e. The van der Waals surface area contributed by atoms with E-state index in [2.05, 4.69) is 35.2 Å². The normalized spacial score (nSPS) is 14.1. The minimum absolute atomic E-state index is 0.0178. The standard InChI is InChI=1S/C33H31NO3S/c1-36-26-16-17-29-30(22-26)38-33(28-11-7-9-23-8-3-4-10-27(23)28)31(29)32(35)24-12-14-25(15-13-24)37-21-20-34-18-5-2-6-19-34/h3-4,7-17,22H,2,5-6,18-21H2,1H3. The second-order valence-corrected chi connectivity index (χ2v) is 10.9. The van der Waals surface area contributed by atoms with Crippen LogP contribution in [0.5, 0.6) is 11.5 Å². The number of likely N-dealkylation sites (tertiary alicyclic amines) is 1. The van der Waals surface area contributed by atoms with Gasteiger partial charge in [0.05, 0.1) is 7.11 Å². The highest BCUT2D eigenvalue weighted by Gasteiger charge is 2.23. The Kier molecular flexibility index (Phi) is 7.12. The van der Waals surface area contributed by atoms with Crippen LogP contribution in [0.3, 0.4) is 0 Å². The van der Waals surface area contributed by atoms with Gasteiger partial charge in [-0.1, -0.05) is 48.9 Å². The zero-order valence-corrected chi connectivity index (χ0v) is 22.4. The van der Waals surface area contributed by atoms with E-state index < -0.39 is 0 Å². The van der Waals surface area contributed by atoms with Gasteiger partial charge in [0.2, 0.25) is 0 Å². The van der Waals surface area contributed by atoms with E-state index in [1.165, 1.54) is 19.3 Å². The maximum atomic E-state index is 14.1. The number of benzene rings is 4. The molecular weight excluding hydrogens is 490 g/mol. The van der Waals surface area contributed by atoms with Crippen LogP contribution in [-0.2, 0) is 0 Å². The van der Waals surface area contributed by atoms with Crippen molar-refractivity contribution in [2.24, 2.45) is 0 Å². The molecule has 0 N–H and O–H groups in total. The van der Waals surface area contributed by atoms with Gasteiger partial charge in [-0.15, -0.1) is 11.3 Å². The Labute approximate surface area is 227 Å². The van der Waals surface area contributed by atoms with E-state index in [-0.39, 0.29) is 5.78 Å². The van der Waals surface area contributed by atoms with Crippen LogP contribution >= 0.6 is 11.3 Å². The SMILES string of the molecule is COc1ccc2c(C(=O)c3ccc(OCCN4CCCCC4)cc3)c(-c3cccc4ccccc34)sc2c1. The molecule has 0 aliphatic carbocycles. The average molecular weight is 522 g/mol. The van der Waals surface area contributed by atoms with Crippen molar-refractivity contribution in [1.82, 2.24) is 4.90 Å². The molecule has 0 unspecified atom stereocenters. The summed E-state index contributed by atoms with van der Waals surface area (Å²) in [6, 6.07) is 28.2. The van der Waals surface area contributed by atoms with E-state index in [4.69, 9.17) is 9.47 Å². The second-order valence-electron chi connectivity index (χ2n) is 9.80. The third-order valence-electron chi connectivity index (χ3n) is 7.40. The van der Waals surface area contributed by atoms with Crippen molar-refractivity contribution in [2.45, 2.75) is 19.3 Å². The molecular formula is C33H31NO3S. The maximum absolute atomic E-state index is 14.1. The lowest BCUT2D eigenvalue weighted by Gasteiger charge is -2.26. The van der Waals surface area contributed by atoms with Crippen molar-refractivity contribution in [3.8, 4) is 21.9 Å². The number of ketones is 1. The zero-order valence-electron chi connectivity index (χ0n) is 21.6. The van der Waals surface area contributed by atoms with Gasteiger partial charge in [-0.3, -0.25) is 9.69 Å². The molecule has 38 heavy (non-hydrogen) atoms. The molecule has 5 aromatic rings. The molecule has 0 bridgehead atoms. The molecule has 6 rings (SSSR count). The Bertz CT molecular complexity index is 1580. The summed E-state index contributed by atoms with van der Waals surface area (Å²) in [6.45, 7) is 3.93. The number of ether oxygens (including phenoxy) is 2. The predicted molar refractivity (Wildman–Crippen MR) is 157 cm³/mol. The molecule has 4 aromatic carbocycles. The van der Waals surface area contributed by atoms with Crippen LogP contribution in [0.1, 0.15) is 35.2 Å². The van der Waals surface area contributed by atoms with Crippen LogP contribution in [-0.4, -0.2) is 44.0 Å². The van der Waals surface area contributed by atoms with Gasteiger partial charge in [-0.05, 0) is 79.2 Å². The van der Waals surface area contributed by atoms with Crippen molar-refractivity contribution in [3.63, 3.8) is 0 Å². The molecule has 5 heteroatoms. The zero-order chi connectivity index (χ0) is 25.9. The first-order chi connectivity index (χ1) is 18.7. The van der Waals surface area contributed by atoms with Crippen LogP contribution in [0.15, 0.2) is 84.9 Å². The molecule has 0 radical (unpaired) electrons. The molecule has 1 aromatic heterocycles.